The minimum absolute atomic E-state index is 0.00854. The molecular formula is C28H30NO5PS. The molecule has 0 fully saturated rings. The second kappa shape index (κ2) is 7.25. The fourth-order valence-corrected chi connectivity index (χ4v) is 10.1. The van der Waals surface area contributed by atoms with Gasteiger partial charge in [0.15, 0.2) is 0 Å². The minimum Gasteiger partial charge on any atom is -0.404 e. The predicted octanol–water partition coefficient (Wildman–Crippen LogP) is 6.50. The summed E-state index contributed by atoms with van der Waals surface area (Å²) in [5, 5.41) is 0. The van der Waals surface area contributed by atoms with Gasteiger partial charge in [-0.25, -0.2) is 13.0 Å². The zero-order valence-electron chi connectivity index (χ0n) is 21.1. The van der Waals surface area contributed by atoms with E-state index < -0.39 is 17.8 Å². The highest BCUT2D eigenvalue weighted by atomic mass is 32.2. The van der Waals surface area contributed by atoms with Gasteiger partial charge in [-0.3, -0.25) is 0 Å². The average molecular weight is 524 g/mol. The van der Waals surface area contributed by atoms with Crippen molar-refractivity contribution in [1.82, 2.24) is 4.49 Å². The summed E-state index contributed by atoms with van der Waals surface area (Å²) >= 11 is 0. The van der Waals surface area contributed by atoms with Crippen molar-refractivity contribution >= 4 is 17.8 Å². The largest absolute Gasteiger partial charge is 0.526 e. The Morgan fingerprint density at radius 3 is 1.72 bits per heavy atom. The van der Waals surface area contributed by atoms with E-state index in [-0.39, 0.29) is 21.1 Å². The van der Waals surface area contributed by atoms with Crippen molar-refractivity contribution in [2.75, 3.05) is 0 Å². The molecule has 188 valence electrons. The van der Waals surface area contributed by atoms with Crippen LogP contribution < -0.4 is 13.5 Å². The summed E-state index contributed by atoms with van der Waals surface area (Å²) in [5.74, 6) is 0.817. The number of benzene rings is 3. The molecule has 6 nitrogen and oxygen atoms in total. The third-order valence-corrected chi connectivity index (χ3v) is 11.6. The van der Waals surface area contributed by atoms with Crippen LogP contribution in [0.2, 0.25) is 0 Å². The molecular weight excluding hydrogens is 493 g/mol. The maximum absolute atomic E-state index is 14.2. The van der Waals surface area contributed by atoms with Crippen LogP contribution in [0.1, 0.15) is 68.4 Å². The number of rotatable bonds is 3. The molecule has 0 aromatic heterocycles. The van der Waals surface area contributed by atoms with Crippen molar-refractivity contribution in [1.29, 1.82) is 0 Å². The number of hydrogen-bond donors (Lipinski definition) is 1. The quantitative estimate of drug-likeness (QED) is 0.396. The summed E-state index contributed by atoms with van der Waals surface area (Å²) in [5.41, 5.74) is 4.47. The van der Waals surface area contributed by atoms with Crippen molar-refractivity contribution in [3.05, 3.63) is 88.5 Å². The van der Waals surface area contributed by atoms with E-state index in [1.807, 2.05) is 19.1 Å². The van der Waals surface area contributed by atoms with E-state index >= 15 is 0 Å². The first-order valence-corrected chi connectivity index (χ1v) is 15.2. The SMILES string of the molecule is Cc1ccc(S(=O)(=O)NP2(=O)Oc3cccc4c3C3(CC4(C)C)CC(C)(C)c4cccc(c43)O2)cc1. The van der Waals surface area contributed by atoms with Crippen molar-refractivity contribution in [3.8, 4) is 11.5 Å². The van der Waals surface area contributed by atoms with Crippen molar-refractivity contribution in [2.45, 2.75) is 68.6 Å². The van der Waals surface area contributed by atoms with Crippen LogP contribution in [0.15, 0.2) is 65.6 Å². The summed E-state index contributed by atoms with van der Waals surface area (Å²) in [4.78, 5) is -0.00854. The summed E-state index contributed by atoms with van der Waals surface area (Å²) in [6.07, 6.45) is 1.71. The lowest BCUT2D eigenvalue weighted by Gasteiger charge is -2.35. The van der Waals surface area contributed by atoms with Gasteiger partial charge in [-0.2, -0.15) is 0 Å². The highest BCUT2D eigenvalue weighted by molar-refractivity contribution is 7.94. The summed E-state index contributed by atoms with van der Waals surface area (Å²) in [6, 6.07) is 17.9. The third kappa shape index (κ3) is 3.33. The van der Waals surface area contributed by atoms with Crippen LogP contribution in [0.3, 0.4) is 0 Å². The molecule has 8 heteroatoms. The fraction of sp³-hybridized carbons (Fsp3) is 0.357. The van der Waals surface area contributed by atoms with Gasteiger partial charge in [0, 0.05) is 16.5 Å². The normalized spacial score (nSPS) is 21.4. The number of aryl methyl sites for hydroxylation is 1. The van der Waals surface area contributed by atoms with E-state index in [0.717, 1.165) is 40.7 Å². The Morgan fingerprint density at radius 2 is 1.25 bits per heavy atom. The van der Waals surface area contributed by atoms with E-state index in [1.165, 1.54) is 12.1 Å². The summed E-state index contributed by atoms with van der Waals surface area (Å²) in [6.45, 7) is 10.7. The molecule has 0 amide bonds. The first kappa shape index (κ1) is 23.8. The Labute approximate surface area is 212 Å². The second-order valence-electron chi connectivity index (χ2n) is 11.6. The molecule has 1 spiro atoms. The molecule has 6 rings (SSSR count). The molecule has 36 heavy (non-hydrogen) atoms. The van der Waals surface area contributed by atoms with E-state index in [9.17, 15) is 13.0 Å². The molecule has 1 N–H and O–H groups in total. The minimum atomic E-state index is -4.41. The maximum atomic E-state index is 14.2. The van der Waals surface area contributed by atoms with E-state index in [1.54, 1.807) is 24.3 Å². The fourth-order valence-electron chi connectivity index (χ4n) is 6.80. The molecule has 3 aromatic carbocycles. The molecule has 0 saturated heterocycles. The van der Waals surface area contributed by atoms with Gasteiger partial charge in [-0.05, 0) is 66.0 Å². The highest BCUT2D eigenvalue weighted by Gasteiger charge is 2.60. The van der Waals surface area contributed by atoms with Crippen molar-refractivity contribution < 1.29 is 22.0 Å². The van der Waals surface area contributed by atoms with Gasteiger partial charge in [0.25, 0.3) is 10.0 Å². The first-order chi connectivity index (χ1) is 16.8. The van der Waals surface area contributed by atoms with Crippen LogP contribution in [0, 0.1) is 6.92 Å². The Kier molecular flexibility index (Phi) is 4.79. The van der Waals surface area contributed by atoms with Gasteiger partial charge < -0.3 is 9.05 Å². The Balaban J connectivity index is 1.58. The first-order valence-electron chi connectivity index (χ1n) is 12.1. The second-order valence-corrected chi connectivity index (χ2v) is 15.2. The molecule has 1 aliphatic heterocycles. The summed E-state index contributed by atoms with van der Waals surface area (Å²) < 4.78 is 55.3. The number of nitrogens with one attached hydrogen (secondary N) is 1. The van der Waals surface area contributed by atoms with Crippen molar-refractivity contribution in [3.63, 3.8) is 0 Å². The Bertz CT molecular complexity index is 1500. The predicted molar refractivity (Wildman–Crippen MR) is 139 cm³/mol. The highest BCUT2D eigenvalue weighted by Crippen LogP contribution is 2.69. The van der Waals surface area contributed by atoms with Crippen LogP contribution in [-0.4, -0.2) is 8.42 Å². The molecule has 0 saturated carbocycles. The van der Waals surface area contributed by atoms with Crippen LogP contribution >= 0.6 is 7.75 Å². The zero-order chi connectivity index (χ0) is 25.7. The third-order valence-electron chi connectivity index (χ3n) is 7.96. The van der Waals surface area contributed by atoms with Crippen LogP contribution in [-0.2, 0) is 30.8 Å². The van der Waals surface area contributed by atoms with E-state index in [2.05, 4.69) is 44.3 Å². The topological polar surface area (TPSA) is 81.7 Å². The average Bonchev–Trinajstić information content (AvgIpc) is 3.13. The number of hydrogen-bond acceptors (Lipinski definition) is 5. The molecule has 0 radical (unpaired) electrons. The van der Waals surface area contributed by atoms with Crippen LogP contribution in [0.25, 0.3) is 0 Å². The molecule has 3 aromatic rings. The zero-order valence-corrected chi connectivity index (χ0v) is 22.8. The summed E-state index contributed by atoms with van der Waals surface area (Å²) in [7, 11) is -8.61. The molecule has 2 aliphatic carbocycles. The van der Waals surface area contributed by atoms with Gasteiger partial charge in [0.2, 0.25) is 0 Å². The van der Waals surface area contributed by atoms with Gasteiger partial charge in [-0.15, -0.1) is 0 Å². The van der Waals surface area contributed by atoms with Gasteiger partial charge >= 0.3 is 7.75 Å². The van der Waals surface area contributed by atoms with Gasteiger partial charge in [-0.1, -0.05) is 74.1 Å². The van der Waals surface area contributed by atoms with Crippen LogP contribution in [0.4, 0.5) is 0 Å². The van der Waals surface area contributed by atoms with E-state index in [4.69, 9.17) is 9.05 Å². The van der Waals surface area contributed by atoms with Crippen LogP contribution in [0.5, 0.6) is 11.5 Å². The standard InChI is InChI=1S/C28H30NO5PS/c1-18-12-14-19(15-13-18)36(31,32)29-35(30)33-22-10-6-8-20-24(22)28(16-26(20,2)3)17-27(4,5)21-9-7-11-23(34-35)25(21)28/h6-15H,16-17H2,1-5H3,(H,29,30). The smallest absolute Gasteiger partial charge is 0.404 e. The lowest BCUT2D eigenvalue weighted by molar-refractivity contribution is 0.326. The lowest BCUT2D eigenvalue weighted by Crippen LogP contribution is -2.31. The van der Waals surface area contributed by atoms with E-state index in [0.29, 0.717) is 11.5 Å². The monoisotopic (exact) mass is 523 g/mol. The van der Waals surface area contributed by atoms with Gasteiger partial charge in [0.1, 0.15) is 11.5 Å². The molecule has 0 bridgehead atoms. The number of sulfonamides is 1. The Hall–Kier alpha value is -2.60. The molecule has 0 unspecified atom stereocenters. The maximum Gasteiger partial charge on any atom is 0.526 e. The van der Waals surface area contributed by atoms with Crippen molar-refractivity contribution in [2.24, 2.45) is 0 Å². The molecule has 0 atom stereocenters. The molecule has 3 aliphatic rings. The van der Waals surface area contributed by atoms with Gasteiger partial charge in [0.05, 0.1) is 4.90 Å². The Morgan fingerprint density at radius 1 is 0.778 bits per heavy atom. The molecule has 1 heterocycles. The lowest BCUT2D eigenvalue weighted by atomic mass is 9.72.